The van der Waals surface area contributed by atoms with Crippen LogP contribution in [-0.2, 0) is 15.6 Å². The predicted molar refractivity (Wildman–Crippen MR) is 88.7 cm³/mol. The van der Waals surface area contributed by atoms with E-state index in [0.29, 0.717) is 17.3 Å². The first-order valence-electron chi connectivity index (χ1n) is 6.56. The first-order chi connectivity index (χ1) is 10.9. The fourth-order valence-electron chi connectivity index (χ4n) is 1.86. The number of benzene rings is 1. The summed E-state index contributed by atoms with van der Waals surface area (Å²) in [5.74, 6) is 1.25. The van der Waals surface area contributed by atoms with Gasteiger partial charge in [0, 0.05) is 17.3 Å². The van der Waals surface area contributed by atoms with Gasteiger partial charge in [-0.3, -0.25) is 0 Å². The summed E-state index contributed by atoms with van der Waals surface area (Å²) in [4.78, 5) is 4.66. The topological polar surface area (TPSA) is 90.6 Å². The fourth-order valence-corrected chi connectivity index (χ4v) is 4.24. The van der Waals surface area contributed by atoms with Crippen LogP contribution in [0.4, 0.5) is 0 Å². The number of thioether (sulfide) groups is 1. The predicted octanol–water partition coefficient (Wildman–Crippen LogP) is 2.12. The Morgan fingerprint density at radius 3 is 2.61 bits per heavy atom. The number of sulfone groups is 1. The van der Waals surface area contributed by atoms with Crippen molar-refractivity contribution in [3.05, 3.63) is 41.2 Å². The molecule has 120 valence electrons. The molecule has 23 heavy (non-hydrogen) atoms. The molecule has 0 atom stereocenters. The Hall–Kier alpha value is -1.78. The molecule has 3 rings (SSSR count). The minimum Gasteiger partial charge on any atom is -0.235 e. The highest BCUT2D eigenvalue weighted by atomic mass is 32.2. The molecule has 0 N–H and O–H groups in total. The molecule has 0 aliphatic rings. The van der Waals surface area contributed by atoms with Gasteiger partial charge in [-0.1, -0.05) is 11.8 Å². The van der Waals surface area contributed by atoms with E-state index in [9.17, 15) is 8.42 Å². The minimum absolute atomic E-state index is 0.267. The van der Waals surface area contributed by atoms with Crippen LogP contribution in [0.25, 0.3) is 5.69 Å². The maximum absolute atomic E-state index is 11.5. The third kappa shape index (κ3) is 3.77. The van der Waals surface area contributed by atoms with E-state index in [1.807, 2.05) is 12.3 Å². The highest BCUT2D eigenvalue weighted by Gasteiger charge is 2.12. The lowest BCUT2D eigenvalue weighted by molar-refractivity contribution is 0.602. The quantitative estimate of drug-likeness (QED) is 0.638. The van der Waals surface area contributed by atoms with Crippen molar-refractivity contribution in [2.24, 2.45) is 0 Å². The van der Waals surface area contributed by atoms with Gasteiger partial charge in [0.25, 0.3) is 0 Å². The summed E-state index contributed by atoms with van der Waals surface area (Å²) in [7, 11) is -3.21. The van der Waals surface area contributed by atoms with Crippen LogP contribution in [0.2, 0.25) is 0 Å². The molecule has 2 aromatic heterocycles. The number of thiazole rings is 1. The Morgan fingerprint density at radius 1 is 1.26 bits per heavy atom. The van der Waals surface area contributed by atoms with Gasteiger partial charge in [-0.25, -0.2) is 13.4 Å². The third-order valence-corrected chi connectivity index (χ3v) is 6.23. The summed E-state index contributed by atoms with van der Waals surface area (Å²) in [6, 6.07) is 6.48. The van der Waals surface area contributed by atoms with Crippen molar-refractivity contribution in [1.82, 2.24) is 25.2 Å². The zero-order chi connectivity index (χ0) is 16.4. The van der Waals surface area contributed by atoms with Crippen LogP contribution in [0.15, 0.2) is 38.9 Å². The summed E-state index contributed by atoms with van der Waals surface area (Å²) < 4.78 is 25.6. The van der Waals surface area contributed by atoms with Gasteiger partial charge < -0.3 is 0 Å². The maximum atomic E-state index is 11.5. The molecule has 3 aromatic rings. The van der Waals surface area contributed by atoms with Gasteiger partial charge in [0.15, 0.2) is 20.0 Å². The van der Waals surface area contributed by atoms with E-state index in [0.717, 1.165) is 10.0 Å². The molecule has 0 saturated carbocycles. The average Bonchev–Trinajstić information content (AvgIpc) is 3.13. The molecule has 0 unspecified atom stereocenters. The Kier molecular flexibility index (Phi) is 4.46. The van der Waals surface area contributed by atoms with Crippen molar-refractivity contribution in [3.8, 4) is 5.69 Å². The molecule has 0 spiro atoms. The molecule has 0 fully saturated rings. The lowest BCUT2D eigenvalue weighted by atomic mass is 10.3. The van der Waals surface area contributed by atoms with Crippen LogP contribution in [-0.4, -0.2) is 39.9 Å². The molecule has 0 radical (unpaired) electrons. The molecule has 0 amide bonds. The summed E-state index contributed by atoms with van der Waals surface area (Å²) in [6.45, 7) is 1.95. The second-order valence-electron chi connectivity index (χ2n) is 4.82. The molecular weight excluding hydrogens is 354 g/mol. The maximum Gasteiger partial charge on any atom is 0.175 e. The van der Waals surface area contributed by atoms with Gasteiger partial charge in [-0.2, -0.15) is 4.68 Å². The zero-order valence-electron chi connectivity index (χ0n) is 12.4. The summed E-state index contributed by atoms with van der Waals surface area (Å²) in [6.07, 6.45) is 1.18. The first-order valence-corrected chi connectivity index (χ1v) is 10.3. The van der Waals surface area contributed by atoms with Crippen molar-refractivity contribution >= 4 is 32.9 Å². The molecule has 0 aliphatic heterocycles. The molecule has 2 heterocycles. The summed E-state index contributed by atoms with van der Waals surface area (Å²) >= 11 is 3.15. The molecule has 10 heteroatoms. The van der Waals surface area contributed by atoms with E-state index in [1.165, 1.54) is 6.26 Å². The Balaban J connectivity index is 1.80. The van der Waals surface area contributed by atoms with Crippen LogP contribution in [0.1, 0.15) is 11.5 Å². The van der Waals surface area contributed by atoms with Gasteiger partial charge in [0.2, 0.25) is 0 Å². The van der Waals surface area contributed by atoms with E-state index in [-0.39, 0.29) is 4.90 Å². The second kappa shape index (κ2) is 6.38. The number of rotatable bonds is 5. The summed E-state index contributed by atoms with van der Waals surface area (Å²) in [5, 5.41) is 13.7. The van der Waals surface area contributed by atoms with Gasteiger partial charge in [-0.15, -0.1) is 16.4 Å². The smallest absolute Gasteiger partial charge is 0.175 e. The molecule has 1 aromatic carbocycles. The number of hydrogen-bond donors (Lipinski definition) is 0. The molecule has 7 nitrogen and oxygen atoms in total. The summed E-state index contributed by atoms with van der Waals surface area (Å²) in [5.41, 5.74) is 1.71. The third-order valence-electron chi connectivity index (χ3n) is 2.97. The number of tetrazole rings is 1. The highest BCUT2D eigenvalue weighted by molar-refractivity contribution is 8.00. The van der Waals surface area contributed by atoms with Crippen LogP contribution in [0.3, 0.4) is 0 Å². The second-order valence-corrected chi connectivity index (χ2v) is 8.91. The van der Waals surface area contributed by atoms with E-state index < -0.39 is 9.84 Å². The van der Waals surface area contributed by atoms with Crippen molar-refractivity contribution in [3.63, 3.8) is 0 Å². The van der Waals surface area contributed by atoms with E-state index in [2.05, 4.69) is 20.5 Å². The highest BCUT2D eigenvalue weighted by Crippen LogP contribution is 2.25. The molecule has 0 bridgehead atoms. The Bertz CT molecular complexity index is 915. The number of nitrogens with zero attached hydrogens (tertiary/aromatic N) is 5. The van der Waals surface area contributed by atoms with Crippen LogP contribution >= 0.6 is 23.1 Å². The van der Waals surface area contributed by atoms with Crippen molar-refractivity contribution in [1.29, 1.82) is 0 Å². The van der Waals surface area contributed by atoms with Crippen LogP contribution < -0.4 is 0 Å². The van der Waals surface area contributed by atoms with Crippen LogP contribution in [0.5, 0.6) is 0 Å². The molecular formula is C13H13N5O2S3. The lowest BCUT2D eigenvalue weighted by Crippen LogP contribution is -2.03. The number of aromatic nitrogens is 5. The molecule has 0 saturated heterocycles. The Morgan fingerprint density at radius 2 is 2.00 bits per heavy atom. The SMILES string of the molecule is Cc1csc(SCc2nnnn2-c2ccc(S(C)(=O)=O)cc2)n1. The van der Waals surface area contributed by atoms with E-state index in [4.69, 9.17) is 0 Å². The van der Waals surface area contributed by atoms with Gasteiger partial charge in [0.05, 0.1) is 16.3 Å². The zero-order valence-corrected chi connectivity index (χ0v) is 14.8. The number of aryl methyl sites for hydroxylation is 1. The van der Waals surface area contributed by atoms with Crippen LogP contribution in [0, 0.1) is 6.92 Å². The lowest BCUT2D eigenvalue weighted by Gasteiger charge is -2.05. The average molecular weight is 367 g/mol. The van der Waals surface area contributed by atoms with E-state index in [1.54, 1.807) is 52.0 Å². The normalized spacial score (nSPS) is 11.7. The minimum atomic E-state index is -3.21. The monoisotopic (exact) mass is 367 g/mol. The van der Waals surface area contributed by atoms with Crippen molar-refractivity contribution in [2.75, 3.05) is 6.26 Å². The van der Waals surface area contributed by atoms with Gasteiger partial charge in [-0.05, 0) is 41.6 Å². The van der Waals surface area contributed by atoms with Gasteiger partial charge >= 0.3 is 0 Å². The first kappa shape index (κ1) is 16.1. The van der Waals surface area contributed by atoms with E-state index >= 15 is 0 Å². The Labute approximate surface area is 141 Å². The van der Waals surface area contributed by atoms with Crippen molar-refractivity contribution in [2.45, 2.75) is 21.9 Å². The molecule has 0 aliphatic carbocycles. The van der Waals surface area contributed by atoms with Gasteiger partial charge in [0.1, 0.15) is 0 Å². The fraction of sp³-hybridized carbons (Fsp3) is 0.231. The van der Waals surface area contributed by atoms with Crippen molar-refractivity contribution < 1.29 is 8.42 Å². The number of hydrogen-bond acceptors (Lipinski definition) is 8. The largest absolute Gasteiger partial charge is 0.235 e. The standard InChI is InChI=1S/C13H13N5O2S3/c1-9-7-21-13(14-9)22-8-12-15-16-17-18(12)10-3-5-11(6-4-10)23(2,19)20/h3-7H,8H2,1-2H3.